The molecule has 2 rings (SSSR count). The molecule has 2 nitrogen and oxygen atoms in total. The quantitative estimate of drug-likeness (QED) is 0.423. The Morgan fingerprint density at radius 1 is 1.38 bits per heavy atom. The summed E-state index contributed by atoms with van der Waals surface area (Å²) in [5.74, 6) is 0.200. The van der Waals surface area contributed by atoms with Crippen LogP contribution >= 0.6 is 0 Å². The first kappa shape index (κ1) is 8.79. The van der Waals surface area contributed by atoms with Crippen LogP contribution in [-0.4, -0.2) is 12.6 Å². The van der Waals surface area contributed by atoms with Gasteiger partial charge in [0.2, 0.25) is 0 Å². The number of carbonyl (C=O) groups excluding carboxylic acids is 1. The third-order valence-electron chi connectivity index (χ3n) is 2.93. The van der Waals surface area contributed by atoms with Crippen LogP contribution in [0, 0.1) is 5.92 Å². The van der Waals surface area contributed by atoms with Gasteiger partial charge in [0.15, 0.2) is 0 Å². The van der Waals surface area contributed by atoms with Crippen LogP contribution in [-0.2, 0) is 9.53 Å². The van der Waals surface area contributed by atoms with E-state index in [2.05, 4.69) is 6.08 Å². The number of rotatable bonds is 0. The van der Waals surface area contributed by atoms with Crippen LogP contribution in [0.5, 0.6) is 0 Å². The number of fused-ring (bicyclic) bond motifs is 2. The van der Waals surface area contributed by atoms with Gasteiger partial charge in [0.25, 0.3) is 0 Å². The molecule has 1 aliphatic carbocycles. The van der Waals surface area contributed by atoms with Gasteiger partial charge in [0.1, 0.15) is 0 Å². The Morgan fingerprint density at radius 2 is 2.31 bits per heavy atom. The Balaban J connectivity index is 2.08. The number of allylic oxidation sites excluding steroid dienone is 2. The van der Waals surface area contributed by atoms with Crippen molar-refractivity contribution in [3.8, 4) is 0 Å². The van der Waals surface area contributed by atoms with Crippen LogP contribution in [0.3, 0.4) is 0 Å². The smallest absolute Gasteiger partial charge is 0.309 e. The normalized spacial score (nSPS) is 29.4. The van der Waals surface area contributed by atoms with Gasteiger partial charge in [-0.25, -0.2) is 0 Å². The molecule has 0 saturated carbocycles. The van der Waals surface area contributed by atoms with E-state index in [9.17, 15) is 4.79 Å². The predicted molar refractivity (Wildman–Crippen MR) is 50.2 cm³/mol. The number of hydrogen-bond acceptors (Lipinski definition) is 2. The first-order valence-electron chi connectivity index (χ1n) is 5.21. The van der Waals surface area contributed by atoms with E-state index in [1.807, 2.05) is 0 Å². The second-order valence-corrected chi connectivity index (χ2v) is 3.97. The minimum Gasteiger partial charge on any atom is -0.465 e. The van der Waals surface area contributed by atoms with Gasteiger partial charge in [-0.1, -0.05) is 11.6 Å². The summed E-state index contributed by atoms with van der Waals surface area (Å²) >= 11 is 0. The molecule has 1 atom stereocenters. The summed E-state index contributed by atoms with van der Waals surface area (Å²) in [5, 5.41) is 0. The third kappa shape index (κ3) is 2.11. The molecule has 0 spiro atoms. The van der Waals surface area contributed by atoms with E-state index in [1.54, 1.807) is 0 Å². The molecule has 0 aromatic heterocycles. The molecular formula is C11H16O2. The lowest BCUT2D eigenvalue weighted by atomic mass is 9.87. The lowest BCUT2D eigenvalue weighted by molar-refractivity contribution is -0.148. The van der Waals surface area contributed by atoms with E-state index < -0.39 is 0 Å². The van der Waals surface area contributed by atoms with Crippen LogP contribution in [0.4, 0.5) is 0 Å². The molecular weight excluding hydrogens is 164 g/mol. The Hall–Kier alpha value is -0.790. The summed E-state index contributed by atoms with van der Waals surface area (Å²) in [6.45, 7) is 0.628. The Morgan fingerprint density at radius 3 is 3.23 bits per heavy atom. The standard InChI is InChI=1S/C11H16O2/c12-11-10-6-3-5-9(8-10)4-1-2-7-13-11/h5,10H,1-4,6-8H2. The van der Waals surface area contributed by atoms with E-state index in [-0.39, 0.29) is 11.9 Å². The average Bonchev–Trinajstić information content (AvgIpc) is 2.21. The fourth-order valence-corrected chi connectivity index (χ4v) is 2.14. The van der Waals surface area contributed by atoms with Crippen molar-refractivity contribution in [2.75, 3.05) is 6.61 Å². The first-order chi connectivity index (χ1) is 6.36. The fourth-order valence-electron chi connectivity index (χ4n) is 2.14. The second kappa shape index (κ2) is 3.95. The number of cyclic esters (lactones) is 1. The molecule has 0 amide bonds. The van der Waals surface area contributed by atoms with Crippen LogP contribution < -0.4 is 0 Å². The van der Waals surface area contributed by atoms with Gasteiger partial charge in [-0.15, -0.1) is 0 Å². The minimum absolute atomic E-state index is 0.0347. The molecule has 0 N–H and O–H groups in total. The Kier molecular flexibility index (Phi) is 2.67. The average molecular weight is 180 g/mol. The number of hydrogen-bond donors (Lipinski definition) is 0. The Bertz CT molecular complexity index is 230. The zero-order valence-electron chi connectivity index (χ0n) is 7.92. The SMILES string of the molecule is O=C1OCCCCC2=CCCC1C2. The number of carbonyl (C=O) groups is 1. The van der Waals surface area contributed by atoms with Crippen molar-refractivity contribution in [2.24, 2.45) is 5.92 Å². The highest BCUT2D eigenvalue weighted by Gasteiger charge is 2.24. The van der Waals surface area contributed by atoms with Crippen LogP contribution in [0.25, 0.3) is 0 Å². The maximum absolute atomic E-state index is 11.5. The molecule has 2 bridgehead atoms. The van der Waals surface area contributed by atoms with Gasteiger partial charge < -0.3 is 4.74 Å². The zero-order chi connectivity index (χ0) is 9.10. The van der Waals surface area contributed by atoms with Crippen molar-refractivity contribution in [3.05, 3.63) is 11.6 Å². The molecule has 1 unspecified atom stereocenters. The molecule has 1 saturated heterocycles. The lowest BCUT2D eigenvalue weighted by Gasteiger charge is -2.19. The maximum atomic E-state index is 11.5. The molecule has 2 aliphatic rings. The topological polar surface area (TPSA) is 26.3 Å². The summed E-state index contributed by atoms with van der Waals surface area (Å²) in [4.78, 5) is 11.5. The van der Waals surface area contributed by atoms with Gasteiger partial charge in [0.05, 0.1) is 12.5 Å². The van der Waals surface area contributed by atoms with Gasteiger partial charge in [-0.05, 0) is 38.5 Å². The van der Waals surface area contributed by atoms with Crippen molar-refractivity contribution >= 4 is 5.97 Å². The van der Waals surface area contributed by atoms with Gasteiger partial charge in [-0.3, -0.25) is 4.79 Å². The maximum Gasteiger partial charge on any atom is 0.309 e. The summed E-state index contributed by atoms with van der Waals surface area (Å²) in [6.07, 6.45) is 8.69. The zero-order valence-corrected chi connectivity index (χ0v) is 7.92. The highest BCUT2D eigenvalue weighted by atomic mass is 16.5. The molecule has 1 fully saturated rings. The number of ether oxygens (including phenoxy) is 1. The number of esters is 1. The monoisotopic (exact) mass is 180 g/mol. The molecule has 1 heterocycles. The fraction of sp³-hybridized carbons (Fsp3) is 0.727. The molecule has 72 valence electrons. The summed E-state index contributed by atoms with van der Waals surface area (Å²) in [5.41, 5.74) is 1.48. The van der Waals surface area contributed by atoms with E-state index in [0.29, 0.717) is 6.61 Å². The summed E-state index contributed by atoms with van der Waals surface area (Å²) in [6, 6.07) is 0. The van der Waals surface area contributed by atoms with Crippen LogP contribution in [0.2, 0.25) is 0 Å². The first-order valence-corrected chi connectivity index (χ1v) is 5.21. The van der Waals surface area contributed by atoms with E-state index in [0.717, 1.165) is 25.7 Å². The van der Waals surface area contributed by atoms with E-state index in [4.69, 9.17) is 4.74 Å². The summed E-state index contributed by atoms with van der Waals surface area (Å²) < 4.78 is 5.18. The van der Waals surface area contributed by atoms with Crippen LogP contribution in [0.1, 0.15) is 38.5 Å². The van der Waals surface area contributed by atoms with Gasteiger partial charge in [0, 0.05) is 0 Å². The third-order valence-corrected chi connectivity index (χ3v) is 2.93. The van der Waals surface area contributed by atoms with Crippen molar-refractivity contribution in [3.63, 3.8) is 0 Å². The molecule has 1 aliphatic heterocycles. The second-order valence-electron chi connectivity index (χ2n) is 3.97. The van der Waals surface area contributed by atoms with Crippen molar-refractivity contribution in [2.45, 2.75) is 38.5 Å². The highest BCUT2D eigenvalue weighted by Crippen LogP contribution is 2.29. The van der Waals surface area contributed by atoms with E-state index in [1.165, 1.54) is 18.4 Å². The van der Waals surface area contributed by atoms with Crippen molar-refractivity contribution in [1.29, 1.82) is 0 Å². The van der Waals surface area contributed by atoms with Crippen molar-refractivity contribution < 1.29 is 9.53 Å². The van der Waals surface area contributed by atoms with E-state index >= 15 is 0 Å². The largest absolute Gasteiger partial charge is 0.465 e. The molecule has 0 aromatic carbocycles. The molecule has 0 radical (unpaired) electrons. The van der Waals surface area contributed by atoms with Crippen molar-refractivity contribution in [1.82, 2.24) is 0 Å². The van der Waals surface area contributed by atoms with Gasteiger partial charge >= 0.3 is 5.97 Å². The molecule has 2 heteroatoms. The van der Waals surface area contributed by atoms with Crippen LogP contribution in [0.15, 0.2) is 11.6 Å². The molecule has 0 aromatic rings. The predicted octanol–water partition coefficient (Wildman–Crippen LogP) is 2.44. The highest BCUT2D eigenvalue weighted by molar-refractivity contribution is 5.73. The minimum atomic E-state index is 0.0347. The Labute approximate surface area is 79.0 Å². The molecule has 13 heavy (non-hydrogen) atoms. The lowest BCUT2D eigenvalue weighted by Crippen LogP contribution is -2.19. The summed E-state index contributed by atoms with van der Waals surface area (Å²) in [7, 11) is 0. The van der Waals surface area contributed by atoms with Gasteiger partial charge in [-0.2, -0.15) is 0 Å².